The number of amides is 1. The number of carbonyl (C=O) groups is 1. The number of hydrogen-bond acceptors (Lipinski definition) is 5. The van der Waals surface area contributed by atoms with Gasteiger partial charge in [0.2, 0.25) is 5.90 Å². The van der Waals surface area contributed by atoms with Crippen LogP contribution in [0, 0.1) is 0 Å². The normalized spacial score (nSPS) is 19.1. The predicted molar refractivity (Wildman–Crippen MR) is 143 cm³/mol. The number of halogens is 2. The molecule has 0 aliphatic carbocycles. The number of aliphatic hydroxyl groups excluding tert-OH is 1. The molecule has 4 rings (SSSR count). The van der Waals surface area contributed by atoms with E-state index in [9.17, 15) is 4.79 Å². The first kappa shape index (κ1) is 25.4. The van der Waals surface area contributed by atoms with Crippen molar-refractivity contribution < 1.29 is 19.4 Å². The molecule has 35 heavy (non-hydrogen) atoms. The quantitative estimate of drug-likeness (QED) is 0.330. The van der Waals surface area contributed by atoms with E-state index in [2.05, 4.69) is 37.2 Å². The van der Waals surface area contributed by atoms with Gasteiger partial charge in [0.25, 0.3) is 5.91 Å². The molecule has 0 aromatic heterocycles. The monoisotopic (exact) mass is 600 g/mol. The van der Waals surface area contributed by atoms with Crippen LogP contribution in [-0.2, 0) is 16.0 Å². The molecule has 3 aromatic carbocycles. The Labute approximate surface area is 221 Å². The molecule has 1 aliphatic rings. The molecule has 8 heteroatoms. The molecule has 1 amide bonds. The van der Waals surface area contributed by atoms with Crippen LogP contribution in [0.4, 0.5) is 0 Å². The third-order valence-electron chi connectivity index (χ3n) is 5.85. The summed E-state index contributed by atoms with van der Waals surface area (Å²) >= 11 is 7.11. The Morgan fingerprint density at radius 3 is 2.46 bits per heavy atom. The molecule has 0 saturated carbocycles. The van der Waals surface area contributed by atoms with Gasteiger partial charge in [0, 0.05) is 41.0 Å². The summed E-state index contributed by atoms with van der Waals surface area (Å²) in [7, 11) is 1.62. The first-order valence-electron chi connectivity index (χ1n) is 11.3. The SMILES string of the molecule is CNC(=O)[C@]1(Cc2ccccc2Br)N=C(c2ccc(OCCCO)cc2)O[C@@H]1c1ccc(Br)cc1. The Morgan fingerprint density at radius 2 is 1.80 bits per heavy atom. The highest BCUT2D eigenvalue weighted by Crippen LogP contribution is 2.43. The van der Waals surface area contributed by atoms with E-state index >= 15 is 0 Å². The molecule has 1 aliphatic heterocycles. The van der Waals surface area contributed by atoms with E-state index in [1.807, 2.05) is 72.8 Å². The minimum absolute atomic E-state index is 0.0826. The highest BCUT2D eigenvalue weighted by atomic mass is 79.9. The summed E-state index contributed by atoms with van der Waals surface area (Å²) in [6, 6.07) is 23.0. The van der Waals surface area contributed by atoms with Crippen LogP contribution in [0.3, 0.4) is 0 Å². The van der Waals surface area contributed by atoms with Crippen LogP contribution in [0.25, 0.3) is 0 Å². The molecule has 0 unspecified atom stereocenters. The fourth-order valence-corrected chi connectivity index (χ4v) is 4.76. The molecule has 2 N–H and O–H groups in total. The molecule has 0 spiro atoms. The van der Waals surface area contributed by atoms with E-state index in [1.54, 1.807) is 7.05 Å². The molecular weight excluding hydrogens is 576 g/mol. The van der Waals surface area contributed by atoms with E-state index in [4.69, 9.17) is 19.6 Å². The summed E-state index contributed by atoms with van der Waals surface area (Å²) in [6.07, 6.45) is 0.287. The number of likely N-dealkylation sites (N-methyl/N-ethyl adjacent to an activating group) is 1. The molecule has 0 radical (unpaired) electrons. The lowest BCUT2D eigenvalue weighted by molar-refractivity contribution is -0.128. The number of carbonyl (C=O) groups excluding carboxylic acids is 1. The highest BCUT2D eigenvalue weighted by molar-refractivity contribution is 9.10. The number of nitrogens with zero attached hydrogens (tertiary/aromatic N) is 1. The van der Waals surface area contributed by atoms with E-state index in [1.165, 1.54) is 0 Å². The maximum atomic E-state index is 13.5. The van der Waals surface area contributed by atoms with Crippen molar-refractivity contribution in [3.05, 3.63) is 98.4 Å². The minimum atomic E-state index is -1.21. The lowest BCUT2D eigenvalue weighted by Crippen LogP contribution is -2.48. The number of nitrogens with one attached hydrogen (secondary N) is 1. The lowest BCUT2D eigenvalue weighted by atomic mass is 9.82. The van der Waals surface area contributed by atoms with Gasteiger partial charge in [-0.15, -0.1) is 0 Å². The molecule has 0 saturated heterocycles. The minimum Gasteiger partial charge on any atom is -0.494 e. The summed E-state index contributed by atoms with van der Waals surface area (Å²) in [4.78, 5) is 18.5. The Balaban J connectivity index is 1.76. The average molecular weight is 602 g/mol. The van der Waals surface area contributed by atoms with Gasteiger partial charge < -0.3 is 19.9 Å². The van der Waals surface area contributed by atoms with Crippen molar-refractivity contribution in [1.29, 1.82) is 0 Å². The van der Waals surface area contributed by atoms with Crippen LogP contribution in [0.2, 0.25) is 0 Å². The second kappa shape index (κ2) is 11.4. The zero-order valence-corrected chi connectivity index (χ0v) is 22.4. The van der Waals surface area contributed by atoms with Crippen molar-refractivity contribution in [2.45, 2.75) is 24.5 Å². The largest absolute Gasteiger partial charge is 0.494 e. The summed E-state index contributed by atoms with van der Waals surface area (Å²) in [5.74, 6) is 0.867. The second-order valence-corrected chi connectivity index (χ2v) is 9.96. The van der Waals surface area contributed by atoms with Crippen LogP contribution in [-0.4, -0.2) is 42.7 Å². The summed E-state index contributed by atoms with van der Waals surface area (Å²) < 4.78 is 13.9. The highest BCUT2D eigenvalue weighted by Gasteiger charge is 2.53. The number of aliphatic hydroxyl groups is 1. The second-order valence-electron chi connectivity index (χ2n) is 8.19. The molecule has 0 fully saturated rings. The number of hydrogen-bond donors (Lipinski definition) is 2. The topological polar surface area (TPSA) is 80.2 Å². The molecule has 0 bridgehead atoms. The van der Waals surface area contributed by atoms with Gasteiger partial charge in [-0.1, -0.05) is 62.2 Å². The molecule has 182 valence electrons. The van der Waals surface area contributed by atoms with Gasteiger partial charge in [0.05, 0.1) is 6.61 Å². The summed E-state index contributed by atoms with van der Waals surface area (Å²) in [5, 5.41) is 11.8. The van der Waals surface area contributed by atoms with Crippen LogP contribution < -0.4 is 10.1 Å². The van der Waals surface area contributed by atoms with Gasteiger partial charge in [-0.05, 0) is 53.6 Å². The third kappa shape index (κ3) is 5.60. The van der Waals surface area contributed by atoms with E-state index < -0.39 is 11.6 Å². The number of aliphatic imine (C=N–C) groups is 1. The van der Waals surface area contributed by atoms with Crippen LogP contribution >= 0.6 is 31.9 Å². The van der Waals surface area contributed by atoms with Crippen LogP contribution in [0.15, 0.2) is 86.7 Å². The molecule has 6 nitrogen and oxygen atoms in total. The van der Waals surface area contributed by atoms with Crippen molar-refractivity contribution in [3.8, 4) is 5.75 Å². The van der Waals surface area contributed by atoms with Crippen molar-refractivity contribution in [1.82, 2.24) is 5.32 Å². The molecule has 1 heterocycles. The summed E-state index contributed by atoms with van der Waals surface area (Å²) in [5.41, 5.74) is 1.35. The van der Waals surface area contributed by atoms with Gasteiger partial charge in [0.15, 0.2) is 11.6 Å². The first-order chi connectivity index (χ1) is 17.0. The lowest BCUT2D eigenvalue weighted by Gasteiger charge is -2.30. The Bertz CT molecular complexity index is 1200. The van der Waals surface area contributed by atoms with Gasteiger partial charge in [-0.3, -0.25) is 4.79 Å². The van der Waals surface area contributed by atoms with E-state index in [-0.39, 0.29) is 12.5 Å². The fourth-order valence-electron chi connectivity index (χ4n) is 4.07. The maximum absolute atomic E-state index is 13.5. The average Bonchev–Trinajstić information content (AvgIpc) is 3.26. The molecule has 3 aromatic rings. The summed E-state index contributed by atoms with van der Waals surface area (Å²) in [6.45, 7) is 0.518. The molecular formula is C27H26Br2N2O4. The van der Waals surface area contributed by atoms with Gasteiger partial charge in [-0.2, -0.15) is 0 Å². The van der Waals surface area contributed by atoms with Crippen molar-refractivity contribution >= 4 is 43.7 Å². The number of rotatable bonds is 9. The Hall–Kier alpha value is -2.68. The number of benzene rings is 3. The van der Waals surface area contributed by atoms with E-state index in [0.717, 1.165) is 25.6 Å². The van der Waals surface area contributed by atoms with Gasteiger partial charge in [-0.25, -0.2) is 4.99 Å². The van der Waals surface area contributed by atoms with Gasteiger partial charge in [0.1, 0.15) is 5.75 Å². The first-order valence-corrected chi connectivity index (χ1v) is 12.9. The van der Waals surface area contributed by atoms with Crippen molar-refractivity contribution in [2.75, 3.05) is 20.3 Å². The van der Waals surface area contributed by atoms with E-state index in [0.29, 0.717) is 31.1 Å². The Kier molecular flexibility index (Phi) is 8.26. The fraction of sp³-hybridized carbons (Fsp3) is 0.259. The molecule has 2 atom stereocenters. The predicted octanol–water partition coefficient (Wildman–Crippen LogP) is 5.22. The smallest absolute Gasteiger partial charge is 0.252 e. The van der Waals surface area contributed by atoms with Gasteiger partial charge >= 0.3 is 0 Å². The number of ether oxygens (including phenoxy) is 2. The zero-order valence-electron chi connectivity index (χ0n) is 19.2. The maximum Gasteiger partial charge on any atom is 0.252 e. The zero-order chi connectivity index (χ0) is 24.8. The van der Waals surface area contributed by atoms with Crippen LogP contribution in [0.1, 0.15) is 29.2 Å². The van der Waals surface area contributed by atoms with Crippen molar-refractivity contribution in [2.24, 2.45) is 4.99 Å². The third-order valence-corrected chi connectivity index (χ3v) is 7.15. The Morgan fingerprint density at radius 1 is 1.09 bits per heavy atom. The van der Waals surface area contributed by atoms with Crippen molar-refractivity contribution in [3.63, 3.8) is 0 Å². The van der Waals surface area contributed by atoms with Crippen LogP contribution in [0.5, 0.6) is 5.75 Å². The standard InChI is InChI=1S/C27H26Br2N2O4/c1-30-26(33)27(17-20-5-2-3-6-23(20)29)24(18-7-11-21(28)12-8-18)35-25(31-27)19-9-13-22(14-10-19)34-16-4-15-32/h2-3,5-14,24,32H,4,15-17H2,1H3,(H,30,33)/t24-,27-/m1/s1.